The van der Waals surface area contributed by atoms with Crippen molar-refractivity contribution in [3.63, 3.8) is 0 Å². The average Bonchev–Trinajstić information content (AvgIpc) is 3.01. The van der Waals surface area contributed by atoms with Crippen molar-refractivity contribution < 1.29 is 27.1 Å². The van der Waals surface area contributed by atoms with Crippen LogP contribution in [0, 0.1) is 5.92 Å². The highest BCUT2D eigenvalue weighted by atomic mass is 79.9. The summed E-state index contributed by atoms with van der Waals surface area (Å²) in [5.74, 6) is -0.670. The molecule has 30 heavy (non-hydrogen) atoms. The lowest BCUT2D eigenvalue weighted by Gasteiger charge is -2.35. The van der Waals surface area contributed by atoms with Crippen LogP contribution in [0.1, 0.15) is 31.9 Å². The number of likely N-dealkylation sites (N-methyl/N-ethyl adjacent to an activating group) is 1. The van der Waals surface area contributed by atoms with Gasteiger partial charge in [0.05, 0.1) is 7.11 Å². The predicted molar refractivity (Wildman–Crippen MR) is 113 cm³/mol. The average molecular weight is 486 g/mol. The van der Waals surface area contributed by atoms with Gasteiger partial charge in [-0.1, -0.05) is 41.9 Å². The van der Waals surface area contributed by atoms with Gasteiger partial charge in [0.15, 0.2) is 0 Å². The molecule has 0 amide bonds. The minimum absolute atomic E-state index is 0.00767. The highest BCUT2D eigenvalue weighted by Crippen LogP contribution is 2.41. The van der Waals surface area contributed by atoms with Gasteiger partial charge in [-0.15, -0.1) is 0 Å². The number of hydrogen-bond donors (Lipinski definition) is 0. The maximum absolute atomic E-state index is 14.1. The van der Waals surface area contributed by atoms with E-state index in [0.717, 1.165) is 20.1 Å². The summed E-state index contributed by atoms with van der Waals surface area (Å²) in [6.45, 7) is 3.70. The van der Waals surface area contributed by atoms with Gasteiger partial charge in [0, 0.05) is 15.2 Å². The smallest absolute Gasteiger partial charge is 0.408 e. The quantitative estimate of drug-likeness (QED) is 0.375. The summed E-state index contributed by atoms with van der Waals surface area (Å²) in [5.41, 5.74) is 0.963. The molecule has 0 radical (unpaired) electrons. The van der Waals surface area contributed by atoms with Gasteiger partial charge in [-0.05, 0) is 49.2 Å². The van der Waals surface area contributed by atoms with Crippen LogP contribution < -0.4 is 0 Å². The third-order valence-electron chi connectivity index (χ3n) is 5.15. The van der Waals surface area contributed by atoms with Crippen LogP contribution in [0.5, 0.6) is 0 Å². The molecule has 1 aromatic heterocycles. The molecule has 0 saturated carbocycles. The van der Waals surface area contributed by atoms with Crippen molar-refractivity contribution in [3.8, 4) is 0 Å². The van der Waals surface area contributed by atoms with E-state index in [1.54, 1.807) is 12.1 Å². The van der Waals surface area contributed by atoms with Crippen molar-refractivity contribution >= 4 is 43.8 Å². The third-order valence-corrected chi connectivity index (χ3v) is 5.64. The molecule has 0 bridgehead atoms. The molecule has 1 heterocycles. The van der Waals surface area contributed by atoms with Gasteiger partial charge in [-0.25, -0.2) is 0 Å². The Hall–Kier alpha value is -2.06. The molecule has 8 heteroatoms. The van der Waals surface area contributed by atoms with Crippen LogP contribution in [-0.4, -0.2) is 37.2 Å². The summed E-state index contributed by atoms with van der Waals surface area (Å²) < 4.78 is 53.9. The van der Waals surface area contributed by atoms with Gasteiger partial charge < -0.3 is 9.15 Å². The standard InChI is InChI=1S/C22H23BrF3NO3/c1-12(2)9-17(21(28)29-4)27(3)20(22(24,25)26)13-5-7-15-16-11-14(23)6-8-18(16)30-19(15)10-13/h5-8,10-12,17,20H,9H2,1-4H3/t17-,20-/m0/s1. The monoisotopic (exact) mass is 485 g/mol. The Morgan fingerprint density at radius 1 is 1.13 bits per heavy atom. The molecule has 0 aliphatic rings. The molecular weight excluding hydrogens is 463 g/mol. The zero-order chi connectivity index (χ0) is 22.2. The Morgan fingerprint density at radius 3 is 2.43 bits per heavy atom. The summed E-state index contributed by atoms with van der Waals surface area (Å²) in [4.78, 5) is 13.3. The number of esters is 1. The van der Waals surface area contributed by atoms with E-state index in [-0.39, 0.29) is 17.9 Å². The normalized spacial score (nSPS) is 14.6. The lowest BCUT2D eigenvalue weighted by atomic mass is 9.97. The fourth-order valence-corrected chi connectivity index (χ4v) is 4.14. The van der Waals surface area contributed by atoms with Crippen molar-refractivity contribution in [2.45, 2.75) is 38.5 Å². The number of fused-ring (bicyclic) bond motifs is 3. The van der Waals surface area contributed by atoms with Gasteiger partial charge in [0.1, 0.15) is 23.2 Å². The summed E-state index contributed by atoms with van der Waals surface area (Å²) in [6.07, 6.45) is -4.35. The Kier molecular flexibility index (Phi) is 6.48. The van der Waals surface area contributed by atoms with Crippen LogP contribution in [-0.2, 0) is 9.53 Å². The summed E-state index contributed by atoms with van der Waals surface area (Å²) in [7, 11) is 2.49. The first-order valence-electron chi connectivity index (χ1n) is 9.51. The zero-order valence-electron chi connectivity index (χ0n) is 17.1. The topological polar surface area (TPSA) is 42.7 Å². The molecule has 0 aliphatic heterocycles. The Bertz CT molecular complexity index is 1060. The molecule has 0 N–H and O–H groups in total. The van der Waals surface area contributed by atoms with Gasteiger partial charge in [-0.3, -0.25) is 9.69 Å². The van der Waals surface area contributed by atoms with Gasteiger partial charge >= 0.3 is 12.1 Å². The zero-order valence-corrected chi connectivity index (χ0v) is 18.7. The molecule has 2 atom stereocenters. The highest BCUT2D eigenvalue weighted by molar-refractivity contribution is 9.10. The molecule has 162 valence electrons. The molecule has 2 aromatic carbocycles. The Labute approximate surface area is 181 Å². The largest absolute Gasteiger partial charge is 0.468 e. The summed E-state index contributed by atoms with van der Waals surface area (Å²) in [5, 5.41) is 1.54. The van der Waals surface area contributed by atoms with Gasteiger partial charge in [-0.2, -0.15) is 13.2 Å². The van der Waals surface area contributed by atoms with E-state index < -0.39 is 24.2 Å². The third kappa shape index (κ3) is 4.49. The second-order valence-corrected chi connectivity index (χ2v) is 8.69. The number of furan rings is 1. The summed E-state index contributed by atoms with van der Waals surface area (Å²) >= 11 is 3.40. The lowest BCUT2D eigenvalue weighted by molar-refractivity contribution is -0.193. The van der Waals surface area contributed by atoms with Crippen LogP contribution in [0.3, 0.4) is 0 Å². The van der Waals surface area contributed by atoms with Crippen LogP contribution in [0.25, 0.3) is 21.9 Å². The number of carbonyl (C=O) groups excluding carboxylic acids is 1. The SMILES string of the molecule is COC(=O)[C@H](CC(C)C)N(C)[C@@H](c1ccc2c(c1)oc1ccc(Br)cc12)C(F)(F)F. The first-order chi connectivity index (χ1) is 14.0. The number of ether oxygens (including phenoxy) is 1. The second-order valence-electron chi connectivity index (χ2n) is 7.78. The number of halogens is 4. The molecule has 0 aliphatic carbocycles. The molecule has 0 saturated heterocycles. The van der Waals surface area contributed by atoms with Crippen LogP contribution in [0.2, 0.25) is 0 Å². The Morgan fingerprint density at radius 2 is 1.83 bits per heavy atom. The van der Waals surface area contributed by atoms with Crippen molar-refractivity contribution in [1.82, 2.24) is 4.90 Å². The van der Waals surface area contributed by atoms with Crippen LogP contribution in [0.15, 0.2) is 45.3 Å². The van der Waals surface area contributed by atoms with E-state index in [0.29, 0.717) is 11.2 Å². The van der Waals surface area contributed by atoms with Crippen molar-refractivity contribution in [2.24, 2.45) is 5.92 Å². The maximum Gasteiger partial charge on any atom is 0.408 e. The highest BCUT2D eigenvalue weighted by Gasteiger charge is 2.47. The molecule has 0 fully saturated rings. The van der Waals surface area contributed by atoms with E-state index >= 15 is 0 Å². The van der Waals surface area contributed by atoms with Gasteiger partial charge in [0.25, 0.3) is 0 Å². The fraction of sp³-hybridized carbons (Fsp3) is 0.409. The number of benzene rings is 2. The number of rotatable bonds is 6. The van der Waals surface area contributed by atoms with Crippen molar-refractivity contribution in [1.29, 1.82) is 0 Å². The van der Waals surface area contributed by atoms with Crippen molar-refractivity contribution in [2.75, 3.05) is 14.2 Å². The van der Waals surface area contributed by atoms with Crippen LogP contribution in [0.4, 0.5) is 13.2 Å². The van der Waals surface area contributed by atoms with E-state index in [1.165, 1.54) is 26.3 Å². The maximum atomic E-state index is 14.1. The first kappa shape index (κ1) is 22.6. The van der Waals surface area contributed by atoms with Crippen molar-refractivity contribution in [3.05, 3.63) is 46.4 Å². The number of methoxy groups -OCH3 is 1. The van der Waals surface area contributed by atoms with Gasteiger partial charge in [0.2, 0.25) is 0 Å². The van der Waals surface area contributed by atoms with E-state index in [9.17, 15) is 18.0 Å². The lowest BCUT2D eigenvalue weighted by Crippen LogP contribution is -2.47. The predicted octanol–water partition coefficient (Wildman–Crippen LogP) is 6.47. The molecule has 0 unspecified atom stereocenters. The molecule has 4 nitrogen and oxygen atoms in total. The Balaban J connectivity index is 2.09. The second kappa shape index (κ2) is 8.59. The number of nitrogens with zero attached hydrogens (tertiary/aromatic N) is 1. The minimum Gasteiger partial charge on any atom is -0.468 e. The summed E-state index contributed by atoms with van der Waals surface area (Å²) in [6, 6.07) is 6.91. The molecule has 3 rings (SSSR count). The molecule has 3 aromatic rings. The molecular formula is C22H23BrF3NO3. The number of carbonyl (C=O) groups is 1. The van der Waals surface area contributed by atoms with E-state index in [2.05, 4.69) is 15.9 Å². The molecule has 0 spiro atoms. The number of alkyl halides is 3. The number of hydrogen-bond acceptors (Lipinski definition) is 4. The van der Waals surface area contributed by atoms with Crippen LogP contribution >= 0.6 is 15.9 Å². The minimum atomic E-state index is -4.60. The van der Waals surface area contributed by atoms with E-state index in [4.69, 9.17) is 9.15 Å². The fourth-order valence-electron chi connectivity index (χ4n) is 3.78. The van der Waals surface area contributed by atoms with E-state index in [1.807, 2.05) is 26.0 Å². The first-order valence-corrected chi connectivity index (χ1v) is 10.3.